The van der Waals surface area contributed by atoms with E-state index in [1.54, 1.807) is 0 Å². The highest BCUT2D eigenvalue weighted by Crippen LogP contribution is 2.43. The topological polar surface area (TPSA) is 52.7 Å². The molecule has 3 heterocycles. The molecule has 2 bridgehead atoms. The molecular formula is C24H33N3O2. The molecular weight excluding hydrogens is 362 g/mol. The summed E-state index contributed by atoms with van der Waals surface area (Å²) in [7, 11) is 0. The molecule has 1 aromatic carbocycles. The third-order valence-electron chi connectivity index (χ3n) is 7.64. The molecule has 2 amide bonds. The molecule has 1 aromatic rings. The molecule has 0 aromatic heterocycles. The van der Waals surface area contributed by atoms with Crippen molar-refractivity contribution in [1.82, 2.24) is 4.90 Å². The molecule has 4 aliphatic rings. The van der Waals surface area contributed by atoms with E-state index in [0.29, 0.717) is 12.1 Å². The zero-order chi connectivity index (χ0) is 19.8. The Hall–Kier alpha value is -1.88. The van der Waals surface area contributed by atoms with Crippen LogP contribution in [0.2, 0.25) is 0 Å². The lowest BCUT2D eigenvalue weighted by molar-refractivity contribution is -0.125. The standard InChI is InChI=1S/C24H33N3O2/c28-23-16-24(29)27(22-11-7-6-10-21(22)25-23)20-14-18-12-13-19(15-20)26(18)17-8-4-2-1-3-5-9-17/h6-7,10-11,17-20H,1-5,8-9,12-16H2,(H,25,28)/t18-,19?,20-/m0/s1. The van der Waals surface area contributed by atoms with Crippen LogP contribution in [0.15, 0.2) is 24.3 Å². The second-order valence-electron chi connectivity index (χ2n) is 9.46. The molecule has 5 rings (SSSR count). The van der Waals surface area contributed by atoms with Gasteiger partial charge in [-0.2, -0.15) is 0 Å². The Morgan fingerprint density at radius 1 is 0.759 bits per heavy atom. The number of hydrogen-bond acceptors (Lipinski definition) is 3. The molecule has 156 valence electrons. The minimum Gasteiger partial charge on any atom is -0.324 e. The van der Waals surface area contributed by atoms with Crippen molar-refractivity contribution in [2.75, 3.05) is 10.2 Å². The van der Waals surface area contributed by atoms with Crippen LogP contribution in [-0.4, -0.2) is 40.9 Å². The SMILES string of the molecule is O=C1CC(=O)N([C@@H]2CC3CC[C@@H](C2)N3C2CCCCCCC2)c2ccccc2N1. The number of carbonyl (C=O) groups is 2. The van der Waals surface area contributed by atoms with Gasteiger partial charge in [-0.3, -0.25) is 14.5 Å². The number of nitrogens with one attached hydrogen (secondary N) is 1. The van der Waals surface area contributed by atoms with Crippen LogP contribution in [0.4, 0.5) is 11.4 Å². The summed E-state index contributed by atoms with van der Waals surface area (Å²) in [5.41, 5.74) is 1.66. The first-order chi connectivity index (χ1) is 14.2. The number of hydrogen-bond donors (Lipinski definition) is 1. The first-order valence-corrected chi connectivity index (χ1v) is 11.7. The molecule has 3 aliphatic heterocycles. The highest BCUT2D eigenvalue weighted by Gasteiger charge is 2.46. The van der Waals surface area contributed by atoms with Crippen LogP contribution in [-0.2, 0) is 9.59 Å². The second-order valence-corrected chi connectivity index (χ2v) is 9.46. The minimum atomic E-state index is -0.195. The van der Waals surface area contributed by atoms with Gasteiger partial charge in [0, 0.05) is 24.2 Å². The number of para-hydroxylation sites is 2. The number of fused-ring (bicyclic) bond motifs is 3. The lowest BCUT2D eigenvalue weighted by Crippen LogP contribution is -2.55. The minimum absolute atomic E-state index is 0.0451. The van der Waals surface area contributed by atoms with Crippen molar-refractivity contribution in [1.29, 1.82) is 0 Å². The first-order valence-electron chi connectivity index (χ1n) is 11.7. The Balaban J connectivity index is 1.38. The Morgan fingerprint density at radius 2 is 1.41 bits per heavy atom. The summed E-state index contributed by atoms with van der Waals surface area (Å²) >= 11 is 0. The summed E-state index contributed by atoms with van der Waals surface area (Å²) in [6, 6.07) is 9.93. The molecule has 0 spiro atoms. The highest BCUT2D eigenvalue weighted by molar-refractivity contribution is 6.14. The van der Waals surface area contributed by atoms with E-state index < -0.39 is 0 Å². The van der Waals surface area contributed by atoms with Gasteiger partial charge >= 0.3 is 0 Å². The van der Waals surface area contributed by atoms with Gasteiger partial charge in [0.2, 0.25) is 11.8 Å². The zero-order valence-electron chi connectivity index (χ0n) is 17.3. The van der Waals surface area contributed by atoms with Crippen molar-refractivity contribution in [2.45, 2.75) is 101 Å². The van der Waals surface area contributed by atoms with Crippen LogP contribution in [0.1, 0.15) is 77.0 Å². The van der Waals surface area contributed by atoms with Crippen molar-refractivity contribution in [3.8, 4) is 0 Å². The highest BCUT2D eigenvalue weighted by atomic mass is 16.2. The van der Waals surface area contributed by atoms with Crippen molar-refractivity contribution in [2.24, 2.45) is 0 Å². The molecule has 1 N–H and O–H groups in total. The average molecular weight is 396 g/mol. The summed E-state index contributed by atoms with van der Waals surface area (Å²) in [4.78, 5) is 30.0. The molecule has 1 aliphatic carbocycles. The number of amides is 2. The van der Waals surface area contributed by atoms with E-state index in [1.165, 1.54) is 57.8 Å². The van der Waals surface area contributed by atoms with Gasteiger partial charge in [-0.1, -0.05) is 44.2 Å². The Bertz CT molecular complexity index is 757. The van der Waals surface area contributed by atoms with Crippen LogP contribution < -0.4 is 10.2 Å². The van der Waals surface area contributed by atoms with Gasteiger partial charge in [0.15, 0.2) is 0 Å². The van der Waals surface area contributed by atoms with E-state index >= 15 is 0 Å². The lowest BCUT2D eigenvalue weighted by Gasteiger charge is -2.47. The number of piperidine rings is 1. The molecule has 0 radical (unpaired) electrons. The third-order valence-corrected chi connectivity index (χ3v) is 7.64. The van der Waals surface area contributed by atoms with Crippen LogP contribution >= 0.6 is 0 Å². The first kappa shape index (κ1) is 19.1. The fourth-order valence-corrected chi connectivity index (χ4v) is 6.47. The lowest BCUT2D eigenvalue weighted by atomic mass is 9.89. The Labute approximate surface area is 173 Å². The molecule has 5 nitrogen and oxygen atoms in total. The van der Waals surface area contributed by atoms with Gasteiger partial charge in [-0.25, -0.2) is 0 Å². The van der Waals surface area contributed by atoms with Crippen molar-refractivity contribution in [3.05, 3.63) is 24.3 Å². The third kappa shape index (κ3) is 3.70. The maximum atomic E-state index is 13.0. The molecule has 1 saturated carbocycles. The summed E-state index contributed by atoms with van der Waals surface area (Å²) in [5.74, 6) is -0.240. The van der Waals surface area contributed by atoms with Gasteiger partial charge in [-0.05, 0) is 50.7 Å². The van der Waals surface area contributed by atoms with Crippen LogP contribution in [0.3, 0.4) is 0 Å². The molecule has 1 unspecified atom stereocenters. The van der Waals surface area contributed by atoms with Crippen LogP contribution in [0.5, 0.6) is 0 Å². The second kappa shape index (κ2) is 8.10. The van der Waals surface area contributed by atoms with E-state index in [0.717, 1.165) is 30.3 Å². The molecule has 29 heavy (non-hydrogen) atoms. The Morgan fingerprint density at radius 3 is 2.14 bits per heavy atom. The maximum absolute atomic E-state index is 13.0. The van der Waals surface area contributed by atoms with Gasteiger partial charge in [0.25, 0.3) is 0 Å². The molecule has 3 atom stereocenters. The smallest absolute Gasteiger partial charge is 0.236 e. The average Bonchev–Trinajstić information content (AvgIpc) is 2.86. The largest absolute Gasteiger partial charge is 0.324 e. The number of carbonyl (C=O) groups excluding carboxylic acids is 2. The van der Waals surface area contributed by atoms with E-state index in [1.807, 2.05) is 29.2 Å². The monoisotopic (exact) mass is 395 g/mol. The fourth-order valence-electron chi connectivity index (χ4n) is 6.47. The number of nitrogens with zero attached hydrogens (tertiary/aromatic N) is 2. The van der Waals surface area contributed by atoms with Gasteiger partial charge in [0.1, 0.15) is 6.42 Å². The zero-order valence-corrected chi connectivity index (χ0v) is 17.3. The van der Waals surface area contributed by atoms with E-state index in [-0.39, 0.29) is 24.3 Å². The summed E-state index contributed by atoms with van der Waals surface area (Å²) in [6.07, 6.45) is 14.2. The fraction of sp³-hybridized carbons (Fsp3) is 0.667. The van der Waals surface area contributed by atoms with E-state index in [9.17, 15) is 9.59 Å². The molecule has 3 fully saturated rings. The van der Waals surface area contributed by atoms with E-state index in [2.05, 4.69) is 10.2 Å². The van der Waals surface area contributed by atoms with E-state index in [4.69, 9.17) is 0 Å². The van der Waals surface area contributed by atoms with Crippen LogP contribution in [0, 0.1) is 0 Å². The number of anilines is 2. The van der Waals surface area contributed by atoms with Crippen molar-refractivity contribution >= 4 is 23.2 Å². The molecule has 2 saturated heterocycles. The van der Waals surface area contributed by atoms with Gasteiger partial charge < -0.3 is 10.2 Å². The van der Waals surface area contributed by atoms with Crippen molar-refractivity contribution in [3.63, 3.8) is 0 Å². The van der Waals surface area contributed by atoms with Gasteiger partial charge in [-0.15, -0.1) is 0 Å². The summed E-state index contributed by atoms with van der Waals surface area (Å²) in [5, 5.41) is 2.92. The predicted molar refractivity (Wildman–Crippen MR) is 115 cm³/mol. The molecule has 5 heteroatoms. The van der Waals surface area contributed by atoms with Crippen LogP contribution in [0.25, 0.3) is 0 Å². The van der Waals surface area contributed by atoms with Crippen molar-refractivity contribution < 1.29 is 9.59 Å². The summed E-state index contributed by atoms with van der Waals surface area (Å²) < 4.78 is 0. The quantitative estimate of drug-likeness (QED) is 0.752. The normalized spacial score (nSPS) is 31.6. The number of rotatable bonds is 2. The van der Waals surface area contributed by atoms with Gasteiger partial charge in [0.05, 0.1) is 11.4 Å². The summed E-state index contributed by atoms with van der Waals surface area (Å²) in [6.45, 7) is 0. The maximum Gasteiger partial charge on any atom is 0.236 e. The Kier molecular flexibility index (Phi) is 5.33. The predicted octanol–water partition coefficient (Wildman–Crippen LogP) is 4.47. The number of benzene rings is 1.